The molecule has 1 aromatic heterocycles. The van der Waals surface area contributed by atoms with Crippen molar-refractivity contribution in [2.24, 2.45) is 0 Å². The smallest absolute Gasteiger partial charge is 0.238 e. The monoisotopic (exact) mass is 309 g/mol. The van der Waals surface area contributed by atoms with E-state index in [1.165, 1.54) is 11.3 Å². The van der Waals surface area contributed by atoms with Gasteiger partial charge in [0.1, 0.15) is 0 Å². The fourth-order valence-electron chi connectivity index (χ4n) is 1.77. The van der Waals surface area contributed by atoms with Gasteiger partial charge in [0.25, 0.3) is 0 Å². The quantitative estimate of drug-likeness (QED) is 0.835. The van der Waals surface area contributed by atoms with E-state index < -0.39 is 0 Å². The van der Waals surface area contributed by atoms with Crippen molar-refractivity contribution in [1.29, 1.82) is 0 Å². The lowest BCUT2D eigenvalue weighted by molar-refractivity contribution is -0.117. The third-order valence-electron chi connectivity index (χ3n) is 2.66. The number of thiophene rings is 1. The highest BCUT2D eigenvalue weighted by Crippen LogP contribution is 2.22. The van der Waals surface area contributed by atoms with Gasteiger partial charge < -0.3 is 11.1 Å². The van der Waals surface area contributed by atoms with Crippen LogP contribution in [0.5, 0.6) is 0 Å². The molecule has 0 aliphatic carbocycles. The minimum Gasteiger partial charge on any atom is -0.399 e. The van der Waals surface area contributed by atoms with Gasteiger partial charge in [0, 0.05) is 22.8 Å². The summed E-state index contributed by atoms with van der Waals surface area (Å²) in [5.41, 5.74) is 7.02. The Morgan fingerprint density at radius 2 is 2.00 bits per heavy atom. The summed E-state index contributed by atoms with van der Waals surface area (Å²) in [4.78, 5) is 15.0. The molecular formula is C14H16ClN3OS. The molecule has 0 radical (unpaired) electrons. The Labute approximate surface area is 127 Å². The van der Waals surface area contributed by atoms with E-state index in [-0.39, 0.29) is 5.91 Å². The predicted octanol–water partition coefficient (Wildman–Crippen LogP) is 3.05. The van der Waals surface area contributed by atoms with Gasteiger partial charge in [0.05, 0.1) is 10.9 Å². The van der Waals surface area contributed by atoms with Crippen molar-refractivity contribution >= 4 is 40.2 Å². The lowest BCUT2D eigenvalue weighted by Crippen LogP contribution is -2.29. The average Bonchev–Trinajstić information content (AvgIpc) is 2.77. The minimum absolute atomic E-state index is 0.0556. The number of anilines is 2. The molecule has 3 N–H and O–H groups in total. The molecule has 2 aromatic rings. The molecule has 1 amide bonds. The molecule has 6 heteroatoms. The maximum Gasteiger partial charge on any atom is 0.238 e. The van der Waals surface area contributed by atoms with Gasteiger partial charge in [0.15, 0.2) is 0 Å². The molecule has 0 atom stereocenters. The first-order chi connectivity index (χ1) is 9.52. The number of carbonyl (C=O) groups is 1. The largest absolute Gasteiger partial charge is 0.399 e. The number of carbonyl (C=O) groups excluding carboxylic acids is 1. The zero-order valence-corrected chi connectivity index (χ0v) is 12.7. The molecule has 106 valence electrons. The Bertz CT molecular complexity index is 582. The van der Waals surface area contributed by atoms with E-state index in [9.17, 15) is 4.79 Å². The highest BCUT2D eigenvalue weighted by Gasteiger charge is 2.08. The highest BCUT2D eigenvalue weighted by atomic mass is 35.5. The highest BCUT2D eigenvalue weighted by molar-refractivity contribution is 7.16. The molecule has 20 heavy (non-hydrogen) atoms. The molecule has 0 aliphatic heterocycles. The van der Waals surface area contributed by atoms with Crippen LogP contribution in [0.25, 0.3) is 0 Å². The predicted molar refractivity (Wildman–Crippen MR) is 85.1 cm³/mol. The van der Waals surface area contributed by atoms with Gasteiger partial charge in [-0.15, -0.1) is 11.3 Å². The van der Waals surface area contributed by atoms with Crippen molar-refractivity contribution in [3.8, 4) is 0 Å². The summed E-state index contributed by atoms with van der Waals surface area (Å²) < 4.78 is 0.764. The summed E-state index contributed by atoms with van der Waals surface area (Å²) in [7, 11) is 1.90. The van der Waals surface area contributed by atoms with E-state index in [1.54, 1.807) is 24.3 Å². The first-order valence-corrected chi connectivity index (χ1v) is 7.30. The Hall–Kier alpha value is -1.56. The van der Waals surface area contributed by atoms with Crippen LogP contribution >= 0.6 is 22.9 Å². The zero-order valence-electron chi connectivity index (χ0n) is 11.1. The van der Waals surface area contributed by atoms with E-state index in [0.717, 1.165) is 14.9 Å². The van der Waals surface area contributed by atoms with Crippen LogP contribution in [0, 0.1) is 0 Å². The number of likely N-dealkylation sites (N-methyl/N-ethyl adjacent to an activating group) is 1. The summed E-state index contributed by atoms with van der Waals surface area (Å²) in [5, 5.41) is 2.83. The number of hydrogen-bond acceptors (Lipinski definition) is 4. The Morgan fingerprint density at radius 3 is 2.60 bits per heavy atom. The van der Waals surface area contributed by atoms with Crippen LogP contribution in [0.3, 0.4) is 0 Å². The van der Waals surface area contributed by atoms with Gasteiger partial charge in [-0.05, 0) is 43.4 Å². The second kappa shape index (κ2) is 6.74. The van der Waals surface area contributed by atoms with Crippen LogP contribution in [0.4, 0.5) is 11.4 Å². The number of halogens is 1. The van der Waals surface area contributed by atoms with Crippen molar-refractivity contribution in [2.75, 3.05) is 24.6 Å². The number of nitrogens with one attached hydrogen (secondary N) is 1. The average molecular weight is 310 g/mol. The van der Waals surface area contributed by atoms with Gasteiger partial charge in [0.2, 0.25) is 5.91 Å². The standard InChI is InChI=1S/C14H16ClN3OS/c1-18(8-12-6-7-13(15)20-12)9-14(19)17-11-4-2-10(16)3-5-11/h2-7H,8-9,16H2,1H3,(H,17,19). The number of nitrogens with zero attached hydrogens (tertiary/aromatic N) is 1. The summed E-state index contributed by atoms with van der Waals surface area (Å²) in [6.07, 6.45) is 0. The van der Waals surface area contributed by atoms with Crippen LogP contribution in [0.15, 0.2) is 36.4 Å². The van der Waals surface area contributed by atoms with Crippen molar-refractivity contribution in [2.45, 2.75) is 6.54 Å². The molecule has 0 unspecified atom stereocenters. The van der Waals surface area contributed by atoms with Crippen LogP contribution in [0.1, 0.15) is 4.88 Å². The number of hydrogen-bond donors (Lipinski definition) is 2. The van der Waals surface area contributed by atoms with Crippen LogP contribution in [0.2, 0.25) is 4.34 Å². The third kappa shape index (κ3) is 4.52. The number of benzene rings is 1. The molecule has 2 rings (SSSR count). The maximum absolute atomic E-state index is 11.9. The van der Waals surface area contributed by atoms with Crippen molar-refractivity contribution < 1.29 is 4.79 Å². The van der Waals surface area contributed by atoms with Crippen molar-refractivity contribution in [3.63, 3.8) is 0 Å². The number of nitrogen functional groups attached to an aromatic ring is 1. The van der Waals surface area contributed by atoms with Crippen LogP contribution < -0.4 is 11.1 Å². The van der Waals surface area contributed by atoms with Crippen molar-refractivity contribution in [1.82, 2.24) is 4.90 Å². The minimum atomic E-state index is -0.0556. The number of rotatable bonds is 5. The topological polar surface area (TPSA) is 58.4 Å². The van der Waals surface area contributed by atoms with E-state index in [0.29, 0.717) is 18.8 Å². The zero-order chi connectivity index (χ0) is 14.5. The first-order valence-electron chi connectivity index (χ1n) is 6.11. The molecule has 4 nitrogen and oxygen atoms in total. The fourth-order valence-corrected chi connectivity index (χ4v) is 2.94. The number of amides is 1. The van der Waals surface area contributed by atoms with Gasteiger partial charge in [-0.3, -0.25) is 9.69 Å². The first kappa shape index (κ1) is 14.8. The van der Waals surface area contributed by atoms with Gasteiger partial charge >= 0.3 is 0 Å². The fraction of sp³-hybridized carbons (Fsp3) is 0.214. The lowest BCUT2D eigenvalue weighted by Gasteiger charge is -2.15. The normalized spacial score (nSPS) is 10.8. The van der Waals surface area contributed by atoms with Gasteiger partial charge in [-0.25, -0.2) is 0 Å². The summed E-state index contributed by atoms with van der Waals surface area (Å²) in [5.74, 6) is -0.0556. The van der Waals surface area contributed by atoms with E-state index in [1.807, 2.05) is 24.1 Å². The molecule has 0 saturated carbocycles. The van der Waals surface area contributed by atoms with Crippen molar-refractivity contribution in [3.05, 3.63) is 45.6 Å². The van der Waals surface area contributed by atoms with E-state index in [2.05, 4.69) is 5.32 Å². The molecule has 0 bridgehead atoms. The molecule has 0 saturated heterocycles. The molecule has 0 spiro atoms. The number of nitrogens with two attached hydrogens (primary N) is 1. The van der Waals surface area contributed by atoms with E-state index >= 15 is 0 Å². The molecule has 1 heterocycles. The molecule has 0 aliphatic rings. The van der Waals surface area contributed by atoms with Gasteiger partial charge in [-0.1, -0.05) is 11.6 Å². The second-order valence-corrected chi connectivity index (χ2v) is 6.35. The molecule has 0 fully saturated rings. The summed E-state index contributed by atoms with van der Waals surface area (Å²) in [6, 6.07) is 10.9. The Kier molecular flexibility index (Phi) is 5.00. The van der Waals surface area contributed by atoms with Gasteiger partial charge in [-0.2, -0.15) is 0 Å². The van der Waals surface area contributed by atoms with Crippen LogP contribution in [-0.4, -0.2) is 24.4 Å². The summed E-state index contributed by atoms with van der Waals surface area (Å²) in [6.45, 7) is 1.02. The van der Waals surface area contributed by atoms with Crippen LogP contribution in [-0.2, 0) is 11.3 Å². The Balaban J connectivity index is 1.83. The third-order valence-corrected chi connectivity index (χ3v) is 3.88. The molecule has 1 aromatic carbocycles. The Morgan fingerprint density at radius 1 is 1.30 bits per heavy atom. The maximum atomic E-state index is 11.9. The summed E-state index contributed by atoms with van der Waals surface area (Å²) >= 11 is 7.41. The molecular weight excluding hydrogens is 294 g/mol. The van der Waals surface area contributed by atoms with E-state index in [4.69, 9.17) is 17.3 Å². The lowest BCUT2D eigenvalue weighted by atomic mass is 10.3. The SMILES string of the molecule is CN(CC(=O)Nc1ccc(N)cc1)Cc1ccc(Cl)s1. The second-order valence-electron chi connectivity index (χ2n) is 4.55.